The van der Waals surface area contributed by atoms with E-state index in [0.29, 0.717) is 0 Å². The molecule has 0 aliphatic carbocycles. The Hall–Kier alpha value is -1.47. The van der Waals surface area contributed by atoms with Crippen LogP contribution in [0.3, 0.4) is 0 Å². The summed E-state index contributed by atoms with van der Waals surface area (Å²) in [5.74, 6) is 0. The summed E-state index contributed by atoms with van der Waals surface area (Å²) in [6, 6.07) is 4.07. The van der Waals surface area contributed by atoms with Crippen molar-refractivity contribution >= 4 is 23.7 Å². The fourth-order valence-electron chi connectivity index (χ4n) is 1.37. The summed E-state index contributed by atoms with van der Waals surface area (Å²) in [5.41, 5.74) is -0.815. The molecule has 16 heavy (non-hydrogen) atoms. The van der Waals surface area contributed by atoms with Gasteiger partial charge in [-0.25, -0.2) is 0 Å². The summed E-state index contributed by atoms with van der Waals surface area (Å²) < 4.78 is 42.0. The van der Waals surface area contributed by atoms with Crippen molar-refractivity contribution in [3.8, 4) is 0 Å². The molecule has 0 fully saturated rings. The largest absolute Gasteiger partial charge is 0.526 e. The van der Waals surface area contributed by atoms with E-state index >= 15 is 0 Å². The Morgan fingerprint density at radius 3 is 2.38 bits per heavy atom. The zero-order valence-electron chi connectivity index (χ0n) is 7.82. The number of alkyl halides is 3. The van der Waals surface area contributed by atoms with Gasteiger partial charge < -0.3 is 14.5 Å². The first-order valence-corrected chi connectivity index (χ1v) is 4.35. The maximum absolute atomic E-state index is 12.4. The van der Waals surface area contributed by atoms with Crippen LogP contribution in [-0.4, -0.2) is 17.2 Å². The van der Waals surface area contributed by atoms with Crippen LogP contribution in [0, 0.1) is 0 Å². The van der Waals surface area contributed by atoms with Gasteiger partial charge in [-0.2, -0.15) is 13.2 Å². The molecule has 0 bridgehead atoms. The Morgan fingerprint density at radius 2 is 1.81 bits per heavy atom. The molecule has 2 rings (SSSR count). The maximum Gasteiger partial charge on any atom is 0.526 e. The highest BCUT2D eigenvalue weighted by Gasteiger charge is 2.31. The van der Waals surface area contributed by atoms with Crippen LogP contribution in [0.25, 0.3) is 11.0 Å². The molecule has 2 aromatic rings. The standard InChI is InChI=1S/C9H6BF3O3/c11-9(12,13)6-1-2-7-5(3-6)4-8(16-7)10(14)15/h1-4,14-15H. The van der Waals surface area contributed by atoms with Crippen LogP contribution in [-0.2, 0) is 6.18 Å². The zero-order chi connectivity index (χ0) is 11.9. The number of hydrogen-bond donors (Lipinski definition) is 2. The Bertz CT molecular complexity index is 518. The Morgan fingerprint density at radius 1 is 1.12 bits per heavy atom. The van der Waals surface area contributed by atoms with Crippen LogP contribution in [0.15, 0.2) is 28.7 Å². The topological polar surface area (TPSA) is 53.6 Å². The normalized spacial score (nSPS) is 12.1. The molecule has 0 radical (unpaired) electrons. The highest BCUT2D eigenvalue weighted by atomic mass is 19.4. The van der Waals surface area contributed by atoms with Gasteiger partial charge in [-0.15, -0.1) is 0 Å². The Balaban J connectivity index is 2.54. The third kappa shape index (κ3) is 1.91. The van der Waals surface area contributed by atoms with Crippen molar-refractivity contribution in [3.05, 3.63) is 29.8 Å². The Labute approximate surface area is 88.3 Å². The molecule has 1 aromatic carbocycles. The van der Waals surface area contributed by atoms with Gasteiger partial charge in [0.2, 0.25) is 0 Å². The Kier molecular flexibility index (Phi) is 2.44. The van der Waals surface area contributed by atoms with Crippen molar-refractivity contribution in [1.29, 1.82) is 0 Å². The third-order valence-electron chi connectivity index (χ3n) is 2.12. The van der Waals surface area contributed by atoms with E-state index in [1.165, 1.54) is 0 Å². The zero-order valence-corrected chi connectivity index (χ0v) is 7.82. The van der Waals surface area contributed by atoms with Gasteiger partial charge in [0.25, 0.3) is 0 Å². The SMILES string of the molecule is OB(O)c1cc2cc(C(F)(F)F)ccc2o1. The van der Waals surface area contributed by atoms with Gasteiger partial charge in [-0.05, 0) is 24.3 Å². The number of fused-ring (bicyclic) bond motifs is 1. The summed E-state index contributed by atoms with van der Waals surface area (Å²) in [6.45, 7) is 0. The number of halogens is 3. The molecule has 3 nitrogen and oxygen atoms in total. The molecule has 2 N–H and O–H groups in total. The predicted molar refractivity (Wildman–Crippen MR) is 51.0 cm³/mol. The molecule has 84 valence electrons. The van der Waals surface area contributed by atoms with Crippen molar-refractivity contribution in [2.75, 3.05) is 0 Å². The van der Waals surface area contributed by atoms with Gasteiger partial charge in [0.05, 0.1) is 5.56 Å². The first-order valence-electron chi connectivity index (χ1n) is 4.35. The van der Waals surface area contributed by atoms with E-state index in [2.05, 4.69) is 0 Å². The molecule has 0 aliphatic heterocycles. The van der Waals surface area contributed by atoms with Crippen LogP contribution < -0.4 is 5.66 Å². The van der Waals surface area contributed by atoms with E-state index < -0.39 is 18.9 Å². The molecule has 7 heteroatoms. The molecule has 0 aliphatic rings. The summed E-state index contributed by atoms with van der Waals surface area (Å²) in [6.07, 6.45) is -4.43. The molecule has 0 unspecified atom stereocenters. The number of rotatable bonds is 1. The van der Waals surface area contributed by atoms with Crippen molar-refractivity contribution in [2.45, 2.75) is 6.18 Å². The molecule has 0 atom stereocenters. The molecule has 0 spiro atoms. The minimum atomic E-state index is -4.43. The molecule has 1 aromatic heterocycles. The fraction of sp³-hybridized carbons (Fsp3) is 0.111. The van der Waals surface area contributed by atoms with Crippen molar-refractivity contribution < 1.29 is 27.6 Å². The van der Waals surface area contributed by atoms with Crippen molar-refractivity contribution in [3.63, 3.8) is 0 Å². The van der Waals surface area contributed by atoms with Gasteiger partial charge >= 0.3 is 13.3 Å². The lowest BCUT2D eigenvalue weighted by atomic mass is 9.88. The summed E-state index contributed by atoms with van der Waals surface area (Å²) in [4.78, 5) is 0. The molecule has 1 heterocycles. The average Bonchev–Trinajstić information content (AvgIpc) is 2.58. The van der Waals surface area contributed by atoms with Gasteiger partial charge in [0.15, 0.2) is 0 Å². The smallest absolute Gasteiger partial charge is 0.465 e. The van der Waals surface area contributed by atoms with Crippen LogP contribution in [0.5, 0.6) is 0 Å². The first-order chi connectivity index (χ1) is 7.38. The lowest BCUT2D eigenvalue weighted by Gasteiger charge is -2.05. The van der Waals surface area contributed by atoms with Crippen LogP contribution in [0.2, 0.25) is 0 Å². The van der Waals surface area contributed by atoms with Gasteiger partial charge in [0.1, 0.15) is 11.2 Å². The van der Waals surface area contributed by atoms with Crippen LogP contribution >= 0.6 is 0 Å². The molecular formula is C9H6BF3O3. The quantitative estimate of drug-likeness (QED) is 0.722. The van der Waals surface area contributed by atoms with Crippen LogP contribution in [0.4, 0.5) is 13.2 Å². The minimum absolute atomic E-state index is 0.177. The molecule has 0 saturated heterocycles. The second-order valence-corrected chi connectivity index (χ2v) is 3.27. The third-order valence-corrected chi connectivity index (χ3v) is 2.12. The number of benzene rings is 1. The highest BCUT2D eigenvalue weighted by Crippen LogP contribution is 2.31. The highest BCUT2D eigenvalue weighted by molar-refractivity contribution is 6.57. The van der Waals surface area contributed by atoms with E-state index in [1.54, 1.807) is 0 Å². The van der Waals surface area contributed by atoms with Crippen molar-refractivity contribution in [2.24, 2.45) is 0 Å². The van der Waals surface area contributed by atoms with E-state index in [4.69, 9.17) is 14.5 Å². The summed E-state index contributed by atoms with van der Waals surface area (Å²) >= 11 is 0. The van der Waals surface area contributed by atoms with E-state index in [-0.39, 0.29) is 16.6 Å². The monoisotopic (exact) mass is 230 g/mol. The predicted octanol–water partition coefficient (Wildman–Crippen LogP) is 1.13. The van der Waals surface area contributed by atoms with E-state index in [1.807, 2.05) is 0 Å². The second-order valence-electron chi connectivity index (χ2n) is 3.27. The van der Waals surface area contributed by atoms with Gasteiger partial charge in [-0.1, -0.05) is 0 Å². The maximum atomic E-state index is 12.4. The van der Waals surface area contributed by atoms with Crippen molar-refractivity contribution in [1.82, 2.24) is 0 Å². The van der Waals surface area contributed by atoms with Gasteiger partial charge in [-0.3, -0.25) is 0 Å². The van der Waals surface area contributed by atoms with E-state index in [0.717, 1.165) is 24.3 Å². The molecule has 0 amide bonds. The summed E-state index contributed by atoms with van der Waals surface area (Å²) in [7, 11) is -1.83. The van der Waals surface area contributed by atoms with E-state index in [9.17, 15) is 13.2 Å². The fourth-order valence-corrected chi connectivity index (χ4v) is 1.37. The first kappa shape index (κ1) is 11.0. The molecule has 0 saturated carbocycles. The average molecular weight is 230 g/mol. The lowest BCUT2D eigenvalue weighted by molar-refractivity contribution is -0.137. The lowest BCUT2D eigenvalue weighted by Crippen LogP contribution is -2.27. The van der Waals surface area contributed by atoms with Crippen LogP contribution in [0.1, 0.15) is 5.56 Å². The number of hydrogen-bond acceptors (Lipinski definition) is 3. The minimum Gasteiger partial charge on any atom is -0.465 e. The van der Waals surface area contributed by atoms with Gasteiger partial charge in [0, 0.05) is 5.39 Å². The number of furan rings is 1. The summed E-state index contributed by atoms with van der Waals surface area (Å²) in [5, 5.41) is 17.8. The second kappa shape index (κ2) is 3.53. The molecular weight excluding hydrogens is 224 g/mol.